The van der Waals surface area contributed by atoms with Crippen molar-refractivity contribution in [3.8, 4) is 0 Å². The smallest absolute Gasteiger partial charge is 0.123 e. The van der Waals surface area contributed by atoms with E-state index in [1.807, 2.05) is 13.0 Å². The molecule has 0 nitrogen and oxygen atoms in total. The van der Waals surface area contributed by atoms with Gasteiger partial charge in [-0.1, -0.05) is 32.4 Å². The number of allylic oxidation sites excluding steroid dienone is 2. The average molecular weight is 206 g/mol. The van der Waals surface area contributed by atoms with E-state index in [0.29, 0.717) is 0 Å². The lowest BCUT2D eigenvalue weighted by Gasteiger charge is -2.10. The van der Waals surface area contributed by atoms with Crippen LogP contribution in [0.4, 0.5) is 4.39 Å². The van der Waals surface area contributed by atoms with Crippen molar-refractivity contribution in [3.05, 3.63) is 41.2 Å². The fraction of sp³-hybridized carbons (Fsp3) is 0.429. The van der Waals surface area contributed by atoms with E-state index in [4.69, 9.17) is 0 Å². The molecule has 0 saturated carbocycles. The molecule has 15 heavy (non-hydrogen) atoms. The molecule has 0 N–H and O–H groups in total. The van der Waals surface area contributed by atoms with Crippen molar-refractivity contribution in [1.29, 1.82) is 0 Å². The van der Waals surface area contributed by atoms with Crippen LogP contribution in [0.25, 0.3) is 5.57 Å². The van der Waals surface area contributed by atoms with Crippen LogP contribution in [0.5, 0.6) is 0 Å². The van der Waals surface area contributed by atoms with E-state index in [1.165, 1.54) is 11.6 Å². The Bertz CT molecular complexity index is 350. The summed E-state index contributed by atoms with van der Waals surface area (Å²) >= 11 is 0. The zero-order valence-electron chi connectivity index (χ0n) is 9.81. The molecule has 82 valence electrons. The summed E-state index contributed by atoms with van der Waals surface area (Å²) in [5.74, 6) is -0.145. The van der Waals surface area contributed by atoms with Gasteiger partial charge in [0.25, 0.3) is 0 Å². The fourth-order valence-electron chi connectivity index (χ4n) is 1.80. The van der Waals surface area contributed by atoms with E-state index >= 15 is 0 Å². The van der Waals surface area contributed by atoms with Gasteiger partial charge in [-0.05, 0) is 48.6 Å². The Kier molecular flexibility index (Phi) is 4.54. The minimum atomic E-state index is -0.145. The van der Waals surface area contributed by atoms with Crippen LogP contribution in [0.1, 0.15) is 44.2 Å². The monoisotopic (exact) mass is 206 g/mol. The molecule has 0 spiro atoms. The summed E-state index contributed by atoms with van der Waals surface area (Å²) in [6.45, 7) is 6.30. The molecule has 0 aliphatic rings. The highest BCUT2D eigenvalue weighted by Crippen LogP contribution is 2.24. The van der Waals surface area contributed by atoms with E-state index < -0.39 is 0 Å². The largest absolute Gasteiger partial charge is 0.207 e. The van der Waals surface area contributed by atoms with Crippen LogP contribution >= 0.6 is 0 Å². The summed E-state index contributed by atoms with van der Waals surface area (Å²) < 4.78 is 13.2. The summed E-state index contributed by atoms with van der Waals surface area (Å²) in [7, 11) is 0. The lowest BCUT2D eigenvalue weighted by Crippen LogP contribution is -1.91. The molecule has 0 radical (unpaired) electrons. The van der Waals surface area contributed by atoms with Crippen LogP contribution in [-0.2, 0) is 0 Å². The van der Waals surface area contributed by atoms with Crippen molar-refractivity contribution in [3.63, 3.8) is 0 Å². The van der Waals surface area contributed by atoms with Gasteiger partial charge in [-0.15, -0.1) is 0 Å². The number of hydrogen-bond donors (Lipinski definition) is 0. The maximum Gasteiger partial charge on any atom is 0.123 e. The van der Waals surface area contributed by atoms with Crippen molar-refractivity contribution in [2.45, 2.75) is 40.0 Å². The molecule has 0 aliphatic carbocycles. The fourth-order valence-corrected chi connectivity index (χ4v) is 1.80. The zero-order chi connectivity index (χ0) is 11.3. The molecule has 0 aromatic heterocycles. The van der Waals surface area contributed by atoms with Gasteiger partial charge < -0.3 is 0 Å². The van der Waals surface area contributed by atoms with Crippen LogP contribution in [0.3, 0.4) is 0 Å². The molecule has 0 amide bonds. The summed E-state index contributed by atoms with van der Waals surface area (Å²) in [4.78, 5) is 0. The molecule has 0 atom stereocenters. The number of benzene rings is 1. The first-order valence-corrected chi connectivity index (χ1v) is 5.64. The maximum atomic E-state index is 13.2. The molecule has 0 unspecified atom stereocenters. The predicted molar refractivity (Wildman–Crippen MR) is 64.3 cm³/mol. The van der Waals surface area contributed by atoms with Crippen LogP contribution in [0.2, 0.25) is 0 Å². The van der Waals surface area contributed by atoms with Gasteiger partial charge in [0.05, 0.1) is 0 Å². The van der Waals surface area contributed by atoms with Gasteiger partial charge in [-0.2, -0.15) is 0 Å². The predicted octanol–water partition coefficient (Wildman–Crippen LogP) is 4.73. The molecule has 1 rings (SSSR count). The molecular formula is C14H19F. The molecule has 0 heterocycles. The lowest BCUT2D eigenvalue weighted by atomic mass is 9.96. The molecule has 1 heteroatoms. The average Bonchev–Trinajstić information content (AvgIpc) is 2.21. The van der Waals surface area contributed by atoms with Crippen molar-refractivity contribution in [2.75, 3.05) is 0 Å². The molecule has 1 aromatic rings. The summed E-state index contributed by atoms with van der Waals surface area (Å²) in [6.07, 6.45) is 5.33. The van der Waals surface area contributed by atoms with Crippen LogP contribution in [0.15, 0.2) is 24.3 Å². The number of hydrogen-bond acceptors (Lipinski definition) is 0. The van der Waals surface area contributed by atoms with Crippen molar-refractivity contribution < 1.29 is 4.39 Å². The van der Waals surface area contributed by atoms with Gasteiger partial charge in [-0.3, -0.25) is 0 Å². The quantitative estimate of drug-likeness (QED) is 0.668. The Morgan fingerprint density at radius 2 is 2.07 bits per heavy atom. The van der Waals surface area contributed by atoms with Crippen LogP contribution in [-0.4, -0.2) is 0 Å². The highest BCUT2D eigenvalue weighted by Gasteiger charge is 2.05. The molecule has 1 aromatic carbocycles. The van der Waals surface area contributed by atoms with E-state index in [1.54, 1.807) is 6.07 Å². The van der Waals surface area contributed by atoms with Crippen molar-refractivity contribution >= 4 is 5.57 Å². The second-order valence-electron chi connectivity index (χ2n) is 3.85. The van der Waals surface area contributed by atoms with E-state index in [-0.39, 0.29) is 5.82 Å². The maximum absolute atomic E-state index is 13.2. The van der Waals surface area contributed by atoms with Crippen LogP contribution in [0, 0.1) is 12.7 Å². The van der Waals surface area contributed by atoms with Gasteiger partial charge >= 0.3 is 0 Å². The Hall–Kier alpha value is -1.11. The third-order valence-electron chi connectivity index (χ3n) is 2.52. The van der Waals surface area contributed by atoms with E-state index in [9.17, 15) is 4.39 Å². The highest BCUT2D eigenvalue weighted by atomic mass is 19.1. The minimum Gasteiger partial charge on any atom is -0.207 e. The first-order chi connectivity index (χ1) is 7.19. The summed E-state index contributed by atoms with van der Waals surface area (Å²) in [6, 6.07) is 5.02. The minimum absolute atomic E-state index is 0.145. The molecule has 0 saturated heterocycles. The SMILES string of the molecule is CC/C=C(/CCC)c1cc(F)ccc1C. The van der Waals surface area contributed by atoms with Crippen molar-refractivity contribution in [1.82, 2.24) is 0 Å². The second kappa shape index (κ2) is 5.69. The van der Waals surface area contributed by atoms with E-state index in [2.05, 4.69) is 19.9 Å². The first kappa shape index (κ1) is 12.0. The van der Waals surface area contributed by atoms with Gasteiger partial charge in [0.2, 0.25) is 0 Å². The number of halogens is 1. The topological polar surface area (TPSA) is 0 Å². The molecular weight excluding hydrogens is 187 g/mol. The summed E-state index contributed by atoms with van der Waals surface area (Å²) in [5.41, 5.74) is 3.50. The van der Waals surface area contributed by atoms with Gasteiger partial charge in [-0.25, -0.2) is 4.39 Å². The third kappa shape index (κ3) is 3.19. The Balaban J connectivity index is 3.10. The normalized spacial score (nSPS) is 11.9. The van der Waals surface area contributed by atoms with Crippen LogP contribution < -0.4 is 0 Å². The standard InChI is InChI=1S/C14H19F/c1-4-6-12(7-5-2)14-10-13(15)9-8-11(14)3/h6,8-10H,4-5,7H2,1-3H3/b12-6-. The number of rotatable bonds is 4. The molecule has 0 fully saturated rings. The first-order valence-electron chi connectivity index (χ1n) is 5.64. The lowest BCUT2D eigenvalue weighted by molar-refractivity contribution is 0.626. The third-order valence-corrected chi connectivity index (χ3v) is 2.52. The molecule has 0 bridgehead atoms. The molecule has 0 aliphatic heterocycles. The number of aryl methyl sites for hydroxylation is 1. The van der Waals surface area contributed by atoms with Gasteiger partial charge in [0, 0.05) is 0 Å². The summed E-state index contributed by atoms with van der Waals surface area (Å²) in [5, 5.41) is 0. The second-order valence-corrected chi connectivity index (χ2v) is 3.85. The van der Waals surface area contributed by atoms with Crippen molar-refractivity contribution in [2.24, 2.45) is 0 Å². The van der Waals surface area contributed by atoms with E-state index in [0.717, 1.165) is 30.4 Å². The highest BCUT2D eigenvalue weighted by molar-refractivity contribution is 5.68. The Morgan fingerprint density at radius 3 is 2.67 bits per heavy atom. The van der Waals surface area contributed by atoms with Gasteiger partial charge in [0.15, 0.2) is 0 Å². The Labute approximate surface area is 91.8 Å². The van der Waals surface area contributed by atoms with Gasteiger partial charge in [0.1, 0.15) is 5.82 Å². The Morgan fingerprint density at radius 1 is 1.33 bits per heavy atom. The zero-order valence-corrected chi connectivity index (χ0v) is 9.81.